The van der Waals surface area contributed by atoms with E-state index in [9.17, 15) is 0 Å². The Hall–Kier alpha value is -7.42. The molecule has 0 atom stereocenters. The third-order valence-electron chi connectivity index (χ3n) is 10.7. The van der Waals surface area contributed by atoms with Crippen molar-refractivity contribution in [3.8, 4) is 55.6 Å². The summed E-state index contributed by atoms with van der Waals surface area (Å²) in [6.07, 6.45) is 0. The Bertz CT molecular complexity index is 2910. The third kappa shape index (κ3) is 6.14. The summed E-state index contributed by atoms with van der Waals surface area (Å²) in [4.78, 5) is 2.31. The largest absolute Gasteiger partial charge is 0.455 e. The molecule has 2 heteroatoms. The van der Waals surface area contributed by atoms with Crippen LogP contribution in [0.1, 0.15) is 0 Å². The second-order valence-corrected chi connectivity index (χ2v) is 14.1. The molecule has 0 bridgehead atoms. The van der Waals surface area contributed by atoms with Crippen molar-refractivity contribution in [2.75, 3.05) is 4.90 Å². The Kier molecular flexibility index (Phi) is 8.55. The third-order valence-corrected chi connectivity index (χ3v) is 10.7. The maximum atomic E-state index is 6.86. The summed E-state index contributed by atoms with van der Waals surface area (Å²) in [5.74, 6) is 0. The maximum Gasteiger partial charge on any atom is 0.143 e. The number of benzene rings is 9. The lowest BCUT2D eigenvalue weighted by Gasteiger charge is -2.26. The summed E-state index contributed by atoms with van der Waals surface area (Å²) in [5.41, 5.74) is 16.7. The van der Waals surface area contributed by atoms with Crippen molar-refractivity contribution in [2.45, 2.75) is 0 Å². The van der Waals surface area contributed by atoms with Gasteiger partial charge in [0.1, 0.15) is 11.2 Å². The van der Waals surface area contributed by atoms with Crippen LogP contribution in [-0.2, 0) is 0 Å². The van der Waals surface area contributed by atoms with Crippen LogP contribution in [0.5, 0.6) is 0 Å². The fourth-order valence-corrected chi connectivity index (χ4v) is 7.95. The summed E-state index contributed by atoms with van der Waals surface area (Å²) in [5, 5.41) is 2.24. The molecule has 0 amide bonds. The van der Waals surface area contributed by atoms with Gasteiger partial charge in [0.15, 0.2) is 0 Å². The molecule has 0 saturated carbocycles. The van der Waals surface area contributed by atoms with Crippen molar-refractivity contribution in [3.05, 3.63) is 224 Å². The Balaban J connectivity index is 0.966. The van der Waals surface area contributed by atoms with Gasteiger partial charge < -0.3 is 9.32 Å². The average Bonchev–Trinajstić information content (AvgIpc) is 3.68. The Morgan fingerprint density at radius 1 is 0.232 bits per heavy atom. The van der Waals surface area contributed by atoms with Crippen LogP contribution in [0, 0.1) is 0 Å². The molecule has 0 aliphatic carbocycles. The first-order chi connectivity index (χ1) is 27.8. The van der Waals surface area contributed by atoms with Crippen molar-refractivity contribution in [1.82, 2.24) is 0 Å². The normalized spacial score (nSPS) is 11.2. The first kappa shape index (κ1) is 33.2. The molecule has 10 rings (SSSR count). The molecule has 0 aliphatic rings. The fourth-order valence-electron chi connectivity index (χ4n) is 7.95. The SMILES string of the molecule is c1ccc(-c2ccc(N(c3ccccc3)c3ccc(-c4ccc(-c5cccc6c5oc5c(-c7ccccc7-c7ccccc7)cccc56)cc4)cc3)cc2)cc1. The van der Waals surface area contributed by atoms with Crippen LogP contribution >= 0.6 is 0 Å². The van der Waals surface area contributed by atoms with Gasteiger partial charge in [-0.25, -0.2) is 0 Å². The molecule has 10 aromatic rings. The second-order valence-electron chi connectivity index (χ2n) is 14.1. The van der Waals surface area contributed by atoms with Crippen LogP contribution in [0.3, 0.4) is 0 Å². The predicted molar refractivity (Wildman–Crippen MR) is 236 cm³/mol. The zero-order valence-electron chi connectivity index (χ0n) is 30.7. The molecule has 264 valence electrons. The number of hydrogen-bond donors (Lipinski definition) is 0. The van der Waals surface area contributed by atoms with Crippen LogP contribution < -0.4 is 4.90 Å². The van der Waals surface area contributed by atoms with E-state index in [2.05, 4.69) is 229 Å². The Morgan fingerprint density at radius 3 is 1.16 bits per heavy atom. The standard InChI is InChI=1S/C54H37NO/c1-4-14-38(15-5-1)40-30-34-45(35-31-40)55(44-18-8-3-9-19-44)46-36-32-41(33-37-46)39-26-28-43(29-27-39)48-22-12-24-51-52-25-13-23-50(54(52)56-53(48)51)49-21-11-10-20-47(49)42-16-6-2-7-17-42/h1-37H. The molecule has 2 nitrogen and oxygen atoms in total. The Labute approximate surface area is 327 Å². The number of fused-ring (bicyclic) bond motifs is 3. The summed E-state index contributed by atoms with van der Waals surface area (Å²) in [6, 6.07) is 79.7. The first-order valence-electron chi connectivity index (χ1n) is 19.1. The van der Waals surface area contributed by atoms with Crippen LogP contribution in [0.25, 0.3) is 77.6 Å². The van der Waals surface area contributed by atoms with Crippen molar-refractivity contribution in [3.63, 3.8) is 0 Å². The molecular weight excluding hydrogens is 679 g/mol. The summed E-state index contributed by atoms with van der Waals surface area (Å²) >= 11 is 0. The molecule has 0 radical (unpaired) electrons. The Morgan fingerprint density at radius 2 is 0.589 bits per heavy atom. The number of hydrogen-bond acceptors (Lipinski definition) is 2. The van der Waals surface area contributed by atoms with E-state index in [1.54, 1.807) is 0 Å². The minimum absolute atomic E-state index is 0.905. The van der Waals surface area contributed by atoms with E-state index in [1.807, 2.05) is 0 Å². The summed E-state index contributed by atoms with van der Waals surface area (Å²) < 4.78 is 6.86. The van der Waals surface area contributed by atoms with E-state index >= 15 is 0 Å². The van der Waals surface area contributed by atoms with E-state index in [0.717, 1.165) is 72.4 Å². The van der Waals surface area contributed by atoms with Crippen LogP contribution in [0.2, 0.25) is 0 Å². The van der Waals surface area contributed by atoms with E-state index in [-0.39, 0.29) is 0 Å². The fraction of sp³-hybridized carbons (Fsp3) is 0. The van der Waals surface area contributed by atoms with Gasteiger partial charge >= 0.3 is 0 Å². The van der Waals surface area contributed by atoms with Gasteiger partial charge in [0, 0.05) is 39.0 Å². The number of furan rings is 1. The van der Waals surface area contributed by atoms with E-state index in [0.29, 0.717) is 0 Å². The molecular formula is C54H37NO. The quantitative estimate of drug-likeness (QED) is 0.156. The van der Waals surface area contributed by atoms with Crippen molar-refractivity contribution in [1.29, 1.82) is 0 Å². The highest BCUT2D eigenvalue weighted by atomic mass is 16.3. The van der Waals surface area contributed by atoms with Gasteiger partial charge in [-0.1, -0.05) is 188 Å². The van der Waals surface area contributed by atoms with Crippen molar-refractivity contribution in [2.24, 2.45) is 0 Å². The zero-order chi connectivity index (χ0) is 37.3. The van der Waals surface area contributed by atoms with Gasteiger partial charge in [-0.2, -0.15) is 0 Å². The van der Waals surface area contributed by atoms with Crippen molar-refractivity contribution >= 4 is 39.0 Å². The lowest BCUT2D eigenvalue weighted by atomic mass is 9.93. The number of rotatable bonds is 8. The van der Waals surface area contributed by atoms with Crippen LogP contribution in [0.15, 0.2) is 229 Å². The van der Waals surface area contributed by atoms with Gasteiger partial charge in [0.25, 0.3) is 0 Å². The van der Waals surface area contributed by atoms with Gasteiger partial charge in [0.2, 0.25) is 0 Å². The molecule has 0 fully saturated rings. The zero-order valence-corrected chi connectivity index (χ0v) is 30.7. The molecule has 1 heterocycles. The van der Waals surface area contributed by atoms with Gasteiger partial charge in [0.05, 0.1) is 0 Å². The van der Waals surface area contributed by atoms with E-state index < -0.39 is 0 Å². The maximum absolute atomic E-state index is 6.86. The van der Waals surface area contributed by atoms with Crippen LogP contribution in [0.4, 0.5) is 17.1 Å². The van der Waals surface area contributed by atoms with Gasteiger partial charge in [-0.3, -0.25) is 0 Å². The number of para-hydroxylation sites is 3. The van der Waals surface area contributed by atoms with Crippen LogP contribution in [-0.4, -0.2) is 0 Å². The average molecular weight is 716 g/mol. The summed E-state index contributed by atoms with van der Waals surface area (Å²) in [6.45, 7) is 0. The molecule has 0 spiro atoms. The predicted octanol–water partition coefficient (Wildman–Crippen LogP) is 15.4. The molecule has 0 saturated heterocycles. The molecule has 56 heavy (non-hydrogen) atoms. The van der Waals surface area contributed by atoms with E-state index in [1.165, 1.54) is 22.3 Å². The molecule has 0 N–H and O–H groups in total. The highest BCUT2D eigenvalue weighted by Crippen LogP contribution is 2.43. The molecule has 0 aliphatic heterocycles. The smallest absolute Gasteiger partial charge is 0.143 e. The first-order valence-corrected chi connectivity index (χ1v) is 19.1. The molecule has 9 aromatic carbocycles. The highest BCUT2D eigenvalue weighted by Gasteiger charge is 2.18. The van der Waals surface area contributed by atoms with E-state index in [4.69, 9.17) is 4.42 Å². The molecule has 1 aromatic heterocycles. The number of anilines is 3. The van der Waals surface area contributed by atoms with Gasteiger partial charge in [-0.05, 0) is 80.9 Å². The second kappa shape index (κ2) is 14.4. The topological polar surface area (TPSA) is 16.4 Å². The summed E-state index contributed by atoms with van der Waals surface area (Å²) in [7, 11) is 0. The van der Waals surface area contributed by atoms with Crippen molar-refractivity contribution < 1.29 is 4.42 Å². The highest BCUT2D eigenvalue weighted by molar-refractivity contribution is 6.13. The lowest BCUT2D eigenvalue weighted by molar-refractivity contribution is 0.671. The minimum atomic E-state index is 0.905. The monoisotopic (exact) mass is 715 g/mol. The minimum Gasteiger partial charge on any atom is -0.455 e. The number of nitrogens with zero attached hydrogens (tertiary/aromatic N) is 1. The lowest BCUT2D eigenvalue weighted by Crippen LogP contribution is -2.09. The van der Waals surface area contributed by atoms with Gasteiger partial charge in [-0.15, -0.1) is 0 Å². The molecule has 0 unspecified atom stereocenters.